The molecular formula is C33H30NO3P. The third-order valence-corrected chi connectivity index (χ3v) is 11.1. The Kier molecular flexibility index (Phi) is 7.72. The number of carbonyl (C=O) groups is 2. The predicted octanol–water partition coefficient (Wildman–Crippen LogP) is 5.03. The fourth-order valence-electron chi connectivity index (χ4n) is 5.11. The number of esters is 1. The highest BCUT2D eigenvalue weighted by atomic mass is 31.2. The maximum absolute atomic E-state index is 14.4. The SMILES string of the molecule is C=CCC1CC(=O)N1C(C(=O)OCc1ccccc1)=P(c1ccccc1)(c1ccccc1)c1ccccc1. The third-order valence-electron chi connectivity index (χ3n) is 6.85. The Morgan fingerprint density at radius 2 is 1.24 bits per heavy atom. The number of hydrogen-bond donors (Lipinski definition) is 0. The van der Waals surface area contributed by atoms with Gasteiger partial charge in [-0.05, 0) is 27.9 Å². The standard InChI is InChI=1S/C33H30NO3P/c1-2-15-27-24-31(35)34(27)32(33(36)37-25-26-16-7-3-8-17-26)38(28-18-9-4-10-19-28,29-20-11-5-12-21-29)30-22-13-6-14-23-30/h2-14,16-23,27H,1,15,24-25H2. The molecule has 1 unspecified atom stereocenters. The molecule has 190 valence electrons. The van der Waals surface area contributed by atoms with Gasteiger partial charge in [0.25, 0.3) is 0 Å². The number of rotatable bonds is 9. The summed E-state index contributed by atoms with van der Waals surface area (Å²) in [6, 6.07) is 39.7. The van der Waals surface area contributed by atoms with Gasteiger partial charge < -0.3 is 9.64 Å². The van der Waals surface area contributed by atoms with E-state index < -0.39 is 12.9 Å². The van der Waals surface area contributed by atoms with Gasteiger partial charge >= 0.3 is 5.97 Å². The summed E-state index contributed by atoms with van der Waals surface area (Å²) in [5, 5.41) is 2.96. The number of carbonyl (C=O) groups excluding carboxylic acids is 2. The molecule has 0 aliphatic carbocycles. The fourth-order valence-corrected chi connectivity index (χ4v) is 9.53. The molecule has 5 rings (SSSR count). The lowest BCUT2D eigenvalue weighted by atomic mass is 9.99. The molecule has 0 bridgehead atoms. The molecule has 1 amide bonds. The predicted molar refractivity (Wildman–Crippen MR) is 156 cm³/mol. The van der Waals surface area contributed by atoms with Gasteiger partial charge in [-0.2, -0.15) is 0 Å². The van der Waals surface area contributed by atoms with Crippen molar-refractivity contribution in [3.8, 4) is 0 Å². The van der Waals surface area contributed by atoms with Crippen molar-refractivity contribution in [1.82, 2.24) is 4.90 Å². The molecule has 0 spiro atoms. The number of hydrogen-bond acceptors (Lipinski definition) is 3. The molecule has 1 aliphatic heterocycles. The summed E-state index contributed by atoms with van der Waals surface area (Å²) in [5.41, 5.74) is 1.31. The van der Waals surface area contributed by atoms with Crippen molar-refractivity contribution in [3.63, 3.8) is 0 Å². The molecular weight excluding hydrogens is 489 g/mol. The largest absolute Gasteiger partial charge is 0.456 e. The van der Waals surface area contributed by atoms with E-state index in [-0.39, 0.29) is 18.6 Å². The molecule has 5 heteroatoms. The lowest BCUT2D eigenvalue weighted by Crippen LogP contribution is -2.59. The molecule has 0 radical (unpaired) electrons. The van der Waals surface area contributed by atoms with E-state index in [0.717, 1.165) is 21.5 Å². The molecule has 1 heterocycles. The zero-order valence-electron chi connectivity index (χ0n) is 21.1. The summed E-state index contributed by atoms with van der Waals surface area (Å²) in [7, 11) is 0. The Morgan fingerprint density at radius 3 is 1.66 bits per heavy atom. The Balaban J connectivity index is 1.86. The highest BCUT2D eigenvalue weighted by molar-refractivity contribution is 7.96. The number of likely N-dealkylation sites (tertiary alicyclic amines) is 1. The minimum atomic E-state index is -2.85. The second-order valence-corrected chi connectivity index (χ2v) is 12.5. The minimum Gasteiger partial charge on any atom is -0.456 e. The highest BCUT2D eigenvalue weighted by Crippen LogP contribution is 2.49. The number of ether oxygens (including phenoxy) is 1. The van der Waals surface area contributed by atoms with Crippen LogP contribution in [0.2, 0.25) is 0 Å². The minimum absolute atomic E-state index is 0.0734. The van der Waals surface area contributed by atoms with Gasteiger partial charge in [-0.3, -0.25) is 4.79 Å². The van der Waals surface area contributed by atoms with Gasteiger partial charge in [0.2, 0.25) is 5.91 Å². The molecule has 1 atom stereocenters. The molecule has 0 saturated carbocycles. The first-order chi connectivity index (χ1) is 18.7. The van der Waals surface area contributed by atoms with Crippen LogP contribution in [-0.2, 0) is 20.9 Å². The van der Waals surface area contributed by atoms with E-state index in [4.69, 9.17) is 4.74 Å². The maximum atomic E-state index is 14.4. The summed E-state index contributed by atoms with van der Waals surface area (Å²) >= 11 is 0. The van der Waals surface area contributed by atoms with Gasteiger partial charge in [0.15, 0.2) is 0 Å². The van der Waals surface area contributed by atoms with E-state index >= 15 is 0 Å². The van der Waals surface area contributed by atoms with Crippen LogP contribution in [-0.4, -0.2) is 28.2 Å². The average molecular weight is 520 g/mol. The number of amides is 1. The van der Waals surface area contributed by atoms with E-state index in [1.165, 1.54) is 0 Å². The van der Waals surface area contributed by atoms with Crippen LogP contribution in [0.3, 0.4) is 0 Å². The van der Waals surface area contributed by atoms with Crippen LogP contribution < -0.4 is 15.9 Å². The van der Waals surface area contributed by atoms with Gasteiger partial charge in [-0.15, -0.1) is 6.58 Å². The van der Waals surface area contributed by atoms with Crippen LogP contribution in [0, 0.1) is 0 Å². The van der Waals surface area contributed by atoms with E-state index in [1.807, 2.05) is 91.0 Å². The molecule has 0 N–H and O–H groups in total. The van der Waals surface area contributed by atoms with Crippen LogP contribution in [0.4, 0.5) is 0 Å². The first-order valence-electron chi connectivity index (χ1n) is 12.7. The zero-order chi connectivity index (χ0) is 26.4. The molecule has 0 aromatic heterocycles. The van der Waals surface area contributed by atoms with Crippen molar-refractivity contribution in [2.75, 3.05) is 0 Å². The first-order valence-corrected chi connectivity index (χ1v) is 14.5. The molecule has 1 fully saturated rings. The van der Waals surface area contributed by atoms with E-state index in [1.54, 1.807) is 4.90 Å². The Labute approximate surface area is 224 Å². The van der Waals surface area contributed by atoms with Crippen molar-refractivity contribution in [3.05, 3.63) is 140 Å². The van der Waals surface area contributed by atoms with Crippen molar-refractivity contribution in [2.45, 2.75) is 25.5 Å². The average Bonchev–Trinajstić information content (AvgIpc) is 2.98. The second kappa shape index (κ2) is 11.5. The number of nitrogens with zero attached hydrogens (tertiary/aromatic N) is 1. The summed E-state index contributed by atoms with van der Waals surface area (Å²) < 4.78 is 6.02. The van der Waals surface area contributed by atoms with Gasteiger partial charge in [0, 0.05) is 19.3 Å². The molecule has 38 heavy (non-hydrogen) atoms. The van der Waals surface area contributed by atoms with Gasteiger partial charge in [-0.25, -0.2) is 4.79 Å². The summed E-state index contributed by atoms with van der Waals surface area (Å²) in [4.78, 5) is 29.4. The number of benzene rings is 4. The quantitative estimate of drug-likeness (QED) is 0.135. The van der Waals surface area contributed by atoms with Crippen LogP contribution in [0.25, 0.3) is 0 Å². The lowest BCUT2D eigenvalue weighted by molar-refractivity contribution is -0.144. The zero-order valence-corrected chi connectivity index (χ0v) is 22.0. The molecule has 1 aliphatic rings. The highest BCUT2D eigenvalue weighted by Gasteiger charge is 2.46. The summed E-state index contributed by atoms with van der Waals surface area (Å²) in [6.07, 6.45) is 2.78. The Hall–Kier alpha value is -4.14. The summed E-state index contributed by atoms with van der Waals surface area (Å²) in [6.45, 7) is 1.18. The molecule has 4 aromatic carbocycles. The number of β-lactam (4-membered cyclic amide) rings is 1. The Morgan fingerprint density at radius 1 is 0.789 bits per heavy atom. The van der Waals surface area contributed by atoms with Crippen LogP contribution in [0.1, 0.15) is 18.4 Å². The normalized spacial score (nSPS) is 14.9. The van der Waals surface area contributed by atoms with Gasteiger partial charge in [-0.1, -0.05) is 127 Å². The summed E-state index contributed by atoms with van der Waals surface area (Å²) in [5.74, 6) is -0.545. The smallest absolute Gasteiger partial charge is 0.356 e. The third kappa shape index (κ3) is 4.76. The Bertz CT molecular complexity index is 1360. The molecule has 4 aromatic rings. The van der Waals surface area contributed by atoms with Gasteiger partial charge in [0.05, 0.1) is 0 Å². The first kappa shape index (κ1) is 25.5. The van der Waals surface area contributed by atoms with Crippen LogP contribution >= 0.6 is 6.89 Å². The van der Waals surface area contributed by atoms with Crippen molar-refractivity contribution in [2.24, 2.45) is 0 Å². The second-order valence-electron chi connectivity index (χ2n) is 9.21. The maximum Gasteiger partial charge on any atom is 0.356 e. The van der Waals surface area contributed by atoms with E-state index in [2.05, 4.69) is 43.0 Å². The van der Waals surface area contributed by atoms with Crippen LogP contribution in [0.15, 0.2) is 134 Å². The van der Waals surface area contributed by atoms with E-state index in [0.29, 0.717) is 18.3 Å². The van der Waals surface area contributed by atoms with Crippen LogP contribution in [0.5, 0.6) is 0 Å². The molecule has 1 saturated heterocycles. The van der Waals surface area contributed by atoms with Gasteiger partial charge in [0.1, 0.15) is 12.0 Å². The topological polar surface area (TPSA) is 46.6 Å². The van der Waals surface area contributed by atoms with Crippen molar-refractivity contribution >= 4 is 40.1 Å². The van der Waals surface area contributed by atoms with E-state index in [9.17, 15) is 9.59 Å². The van der Waals surface area contributed by atoms with Crippen molar-refractivity contribution < 1.29 is 14.3 Å². The monoisotopic (exact) mass is 519 g/mol. The molecule has 4 nitrogen and oxygen atoms in total. The van der Waals surface area contributed by atoms with Crippen molar-refractivity contribution in [1.29, 1.82) is 0 Å². The fraction of sp³-hybridized carbons (Fsp3) is 0.121. The lowest BCUT2D eigenvalue weighted by Gasteiger charge is -2.45.